The molecule has 3 nitrogen and oxygen atoms in total. The van der Waals surface area contributed by atoms with Crippen LogP contribution in [0.1, 0.15) is 12.5 Å². The van der Waals surface area contributed by atoms with Gasteiger partial charge in [0.2, 0.25) is 6.41 Å². The molecule has 0 saturated carbocycles. The molecule has 0 saturated heterocycles. The normalized spacial score (nSPS) is 10.5. The highest BCUT2D eigenvalue weighted by molar-refractivity contribution is 14.2. The molecule has 0 aliphatic heterocycles. The summed E-state index contributed by atoms with van der Waals surface area (Å²) in [7, 11) is 1.70. The summed E-state index contributed by atoms with van der Waals surface area (Å²) < 4.78 is 3.40. The third-order valence-corrected chi connectivity index (χ3v) is 5.67. The van der Waals surface area contributed by atoms with Crippen LogP contribution in [-0.2, 0) is 11.2 Å². The lowest BCUT2D eigenvalue weighted by Gasteiger charge is -2.05. The molecule has 0 atom stereocenters. The number of primary amides is 1. The van der Waals surface area contributed by atoms with Gasteiger partial charge in [0.1, 0.15) is 0 Å². The van der Waals surface area contributed by atoms with E-state index in [-0.39, 0.29) is 6.41 Å². The highest BCUT2D eigenvalue weighted by Crippen LogP contribution is 2.39. The Labute approximate surface area is 158 Å². The second kappa shape index (κ2) is 7.90. The van der Waals surface area contributed by atoms with E-state index in [1.165, 1.54) is 27.4 Å². The number of amides is 1. The molecule has 0 aliphatic rings. The van der Waals surface area contributed by atoms with Gasteiger partial charge in [0, 0.05) is 50.6 Å². The number of aryl methyl sites for hydroxylation is 1. The van der Waals surface area contributed by atoms with E-state index in [1.807, 2.05) is 6.07 Å². The van der Waals surface area contributed by atoms with Gasteiger partial charge in [0.05, 0.1) is 11.0 Å². The maximum absolute atomic E-state index is 8.58. The standard InChI is InChI=1S/C14H10BrClINS.CH3NO/c1-2-8-5-9(15)6-12-11-7-10(16)3-4-13(11)18(19-17)14(8)12;2-1-3/h3-7H,2H2,1H3;1H,(H2,2,3). The Bertz CT molecular complexity index is 837. The number of hydrogen-bond acceptors (Lipinski definition) is 2. The summed E-state index contributed by atoms with van der Waals surface area (Å²) in [6.07, 6.45) is 1.26. The molecule has 22 heavy (non-hydrogen) atoms. The molecule has 0 unspecified atom stereocenters. The first-order valence-corrected chi connectivity index (χ1v) is 10.9. The first-order chi connectivity index (χ1) is 10.6. The molecule has 116 valence electrons. The highest BCUT2D eigenvalue weighted by atomic mass is 127. The van der Waals surface area contributed by atoms with Crippen molar-refractivity contribution >= 4 is 86.1 Å². The van der Waals surface area contributed by atoms with Gasteiger partial charge in [-0.1, -0.05) is 34.5 Å². The molecule has 0 aliphatic carbocycles. The number of carbonyl (C=O) groups is 1. The molecule has 7 heteroatoms. The van der Waals surface area contributed by atoms with Gasteiger partial charge in [0.15, 0.2) is 0 Å². The van der Waals surface area contributed by atoms with Gasteiger partial charge in [-0.05, 0) is 42.3 Å². The zero-order chi connectivity index (χ0) is 16.3. The van der Waals surface area contributed by atoms with E-state index in [0.717, 1.165) is 15.9 Å². The number of nitrogens with zero attached hydrogens (tertiary/aromatic N) is 1. The molecule has 3 aromatic rings. The minimum atomic E-state index is 0.250. The SMILES string of the molecule is CCc1cc(Br)cc2c3cc(Cl)ccc3n(SI)c12.NC=O. The van der Waals surface area contributed by atoms with Crippen molar-refractivity contribution in [2.75, 3.05) is 0 Å². The average Bonchev–Trinajstić information content (AvgIpc) is 2.80. The lowest BCUT2D eigenvalue weighted by Crippen LogP contribution is -1.88. The van der Waals surface area contributed by atoms with Gasteiger partial charge >= 0.3 is 0 Å². The zero-order valence-corrected chi connectivity index (χ0v) is 17.0. The molecule has 0 fully saturated rings. The molecule has 2 aromatic carbocycles. The van der Waals surface area contributed by atoms with Crippen molar-refractivity contribution in [2.45, 2.75) is 13.3 Å². The third-order valence-electron chi connectivity index (χ3n) is 3.27. The van der Waals surface area contributed by atoms with Crippen LogP contribution in [-0.4, -0.2) is 10.4 Å². The van der Waals surface area contributed by atoms with Crippen LogP contribution in [0.2, 0.25) is 5.02 Å². The van der Waals surface area contributed by atoms with E-state index in [2.05, 4.69) is 78.0 Å². The molecule has 1 heterocycles. The van der Waals surface area contributed by atoms with E-state index >= 15 is 0 Å². The summed E-state index contributed by atoms with van der Waals surface area (Å²) in [5, 5.41) is 3.25. The zero-order valence-electron chi connectivity index (χ0n) is 11.6. The van der Waals surface area contributed by atoms with Crippen LogP contribution in [0.4, 0.5) is 0 Å². The van der Waals surface area contributed by atoms with Crippen LogP contribution >= 0.6 is 57.9 Å². The van der Waals surface area contributed by atoms with Crippen molar-refractivity contribution in [3.05, 3.63) is 45.4 Å². The molecule has 2 N–H and O–H groups in total. The summed E-state index contributed by atoms with van der Waals surface area (Å²) in [5.74, 6) is 0. The van der Waals surface area contributed by atoms with Gasteiger partial charge in [-0.25, -0.2) is 0 Å². The Morgan fingerprint density at radius 2 is 2.05 bits per heavy atom. The number of fused-ring (bicyclic) bond motifs is 3. The quantitative estimate of drug-likeness (QED) is 0.353. The van der Waals surface area contributed by atoms with Gasteiger partial charge in [0.25, 0.3) is 0 Å². The van der Waals surface area contributed by atoms with Crippen molar-refractivity contribution in [3.8, 4) is 0 Å². The smallest absolute Gasteiger partial charge is 0.204 e. The summed E-state index contributed by atoms with van der Waals surface area (Å²) in [5.41, 5.74) is 8.02. The van der Waals surface area contributed by atoms with Crippen LogP contribution in [0.5, 0.6) is 0 Å². The number of halogens is 3. The van der Waals surface area contributed by atoms with Crippen molar-refractivity contribution < 1.29 is 4.79 Å². The number of hydrogen-bond donors (Lipinski definition) is 1. The maximum Gasteiger partial charge on any atom is 0.204 e. The summed E-state index contributed by atoms with van der Waals surface area (Å²) in [4.78, 5) is 8.58. The Morgan fingerprint density at radius 3 is 2.64 bits per heavy atom. The highest BCUT2D eigenvalue weighted by Gasteiger charge is 2.14. The van der Waals surface area contributed by atoms with Gasteiger partial charge in [-0.15, -0.1) is 0 Å². The molecule has 1 amide bonds. The molecule has 3 rings (SSSR count). The van der Waals surface area contributed by atoms with E-state index < -0.39 is 0 Å². The van der Waals surface area contributed by atoms with Crippen molar-refractivity contribution in [2.24, 2.45) is 5.73 Å². The maximum atomic E-state index is 8.58. The lowest BCUT2D eigenvalue weighted by molar-refractivity contribution is -0.106. The minimum absolute atomic E-state index is 0.250. The fourth-order valence-electron chi connectivity index (χ4n) is 2.46. The van der Waals surface area contributed by atoms with E-state index in [0.29, 0.717) is 0 Å². The van der Waals surface area contributed by atoms with Crippen LogP contribution in [0.25, 0.3) is 21.8 Å². The van der Waals surface area contributed by atoms with Crippen molar-refractivity contribution in [1.82, 2.24) is 3.97 Å². The summed E-state index contributed by atoms with van der Waals surface area (Å²) >= 11 is 12.1. The predicted molar refractivity (Wildman–Crippen MR) is 109 cm³/mol. The number of carbonyl (C=O) groups excluding carboxylic acids is 1. The van der Waals surface area contributed by atoms with Gasteiger partial charge in [-0.2, -0.15) is 0 Å². The molecular weight excluding hydrogens is 499 g/mol. The summed E-state index contributed by atoms with van der Waals surface area (Å²) in [6, 6.07) is 10.5. The minimum Gasteiger partial charge on any atom is -0.372 e. The largest absolute Gasteiger partial charge is 0.372 e. The molecule has 1 aromatic heterocycles. The molecule has 0 spiro atoms. The second-order valence-electron chi connectivity index (χ2n) is 4.48. The Morgan fingerprint density at radius 1 is 1.36 bits per heavy atom. The fraction of sp³-hybridized carbons (Fsp3) is 0.133. The Balaban J connectivity index is 0.000000545. The third kappa shape index (κ3) is 3.39. The topological polar surface area (TPSA) is 48.0 Å². The van der Waals surface area contributed by atoms with Gasteiger partial charge < -0.3 is 5.73 Å². The number of rotatable bonds is 2. The molecule has 0 radical (unpaired) electrons. The second-order valence-corrected chi connectivity index (χ2v) is 7.51. The average molecular weight is 512 g/mol. The van der Waals surface area contributed by atoms with E-state index in [9.17, 15) is 0 Å². The number of nitrogens with two attached hydrogens (primary N) is 1. The fourth-order valence-corrected chi connectivity index (χ4v) is 4.89. The number of aromatic nitrogens is 1. The van der Waals surface area contributed by atoms with Crippen LogP contribution in [0, 0.1) is 0 Å². The van der Waals surface area contributed by atoms with Crippen molar-refractivity contribution in [1.29, 1.82) is 0 Å². The van der Waals surface area contributed by atoms with E-state index in [1.54, 1.807) is 9.12 Å². The van der Waals surface area contributed by atoms with Crippen molar-refractivity contribution in [3.63, 3.8) is 0 Å². The predicted octanol–water partition coefficient (Wildman–Crippen LogP) is 5.72. The number of benzene rings is 2. The Hall–Kier alpha value is -0.440. The summed E-state index contributed by atoms with van der Waals surface area (Å²) in [6.45, 7) is 2.19. The van der Waals surface area contributed by atoms with Gasteiger partial charge in [-0.3, -0.25) is 8.77 Å². The van der Waals surface area contributed by atoms with Crippen LogP contribution in [0.3, 0.4) is 0 Å². The van der Waals surface area contributed by atoms with E-state index in [4.69, 9.17) is 16.4 Å². The van der Waals surface area contributed by atoms with Crippen LogP contribution < -0.4 is 5.73 Å². The molecular formula is C15H13BrClIN2OS. The Kier molecular flexibility index (Phi) is 6.43. The monoisotopic (exact) mass is 510 g/mol. The molecule has 0 bridgehead atoms. The van der Waals surface area contributed by atoms with Crippen LogP contribution in [0.15, 0.2) is 34.8 Å². The lowest BCUT2D eigenvalue weighted by atomic mass is 10.1. The first-order valence-electron chi connectivity index (χ1n) is 6.43. The first kappa shape index (κ1) is 17.9.